The molecule has 3 aromatic rings. The Balaban J connectivity index is 1.47. The number of amides is 3. The first-order valence-electron chi connectivity index (χ1n) is 10.8. The Morgan fingerprint density at radius 2 is 1.76 bits per heavy atom. The van der Waals surface area contributed by atoms with Gasteiger partial charge >= 0.3 is 0 Å². The van der Waals surface area contributed by atoms with Crippen molar-refractivity contribution in [2.24, 2.45) is 0 Å². The summed E-state index contributed by atoms with van der Waals surface area (Å²) in [4.78, 5) is 39.1. The van der Waals surface area contributed by atoms with Crippen LogP contribution in [0.5, 0.6) is 11.5 Å². The maximum atomic E-state index is 12.9. The van der Waals surface area contributed by atoms with Crippen molar-refractivity contribution in [1.82, 2.24) is 4.90 Å². The van der Waals surface area contributed by atoms with Crippen molar-refractivity contribution in [3.63, 3.8) is 0 Å². The van der Waals surface area contributed by atoms with Crippen molar-refractivity contribution in [2.75, 3.05) is 19.0 Å². The van der Waals surface area contributed by atoms with Gasteiger partial charge in [0, 0.05) is 15.7 Å². The first-order chi connectivity index (χ1) is 17.7. The molecule has 0 atom stereocenters. The molecule has 11 heteroatoms. The molecule has 0 bridgehead atoms. The van der Waals surface area contributed by atoms with Crippen LogP contribution < -0.4 is 14.8 Å². The molecule has 0 spiro atoms. The summed E-state index contributed by atoms with van der Waals surface area (Å²) >= 11 is 19.3. The highest BCUT2D eigenvalue weighted by molar-refractivity contribution is 8.18. The monoisotopic (exact) mass is 576 g/mol. The van der Waals surface area contributed by atoms with Crippen molar-refractivity contribution in [3.05, 3.63) is 91.8 Å². The van der Waals surface area contributed by atoms with Gasteiger partial charge in [0.25, 0.3) is 17.1 Å². The number of hydrogen-bond donors (Lipinski definition) is 1. The van der Waals surface area contributed by atoms with Gasteiger partial charge in [0.2, 0.25) is 0 Å². The van der Waals surface area contributed by atoms with Gasteiger partial charge in [-0.15, -0.1) is 0 Å². The van der Waals surface area contributed by atoms with E-state index in [4.69, 9.17) is 44.3 Å². The second kappa shape index (κ2) is 11.9. The summed E-state index contributed by atoms with van der Waals surface area (Å²) in [5.41, 5.74) is 1.75. The fourth-order valence-electron chi connectivity index (χ4n) is 3.42. The van der Waals surface area contributed by atoms with E-state index in [-0.39, 0.29) is 34.6 Å². The number of thioether (sulfide) groups is 1. The second-order valence-electron chi connectivity index (χ2n) is 7.74. The van der Waals surface area contributed by atoms with Crippen LogP contribution in [-0.4, -0.2) is 35.7 Å². The number of carbonyl (C=O) groups is 3. The minimum atomic E-state index is -0.441. The Labute approximate surface area is 232 Å². The molecule has 0 aromatic heterocycles. The molecular weight excluding hydrogens is 559 g/mol. The van der Waals surface area contributed by atoms with Gasteiger partial charge in [-0.3, -0.25) is 19.3 Å². The Hall–Kier alpha value is -3.17. The molecule has 3 amide bonds. The summed E-state index contributed by atoms with van der Waals surface area (Å²) in [6.45, 7) is -0.254. The molecule has 7 nitrogen and oxygen atoms in total. The van der Waals surface area contributed by atoms with E-state index < -0.39 is 17.1 Å². The number of ether oxygens (including phenoxy) is 2. The zero-order chi connectivity index (χ0) is 26.5. The highest BCUT2D eigenvalue weighted by Gasteiger charge is 2.35. The average molecular weight is 578 g/mol. The van der Waals surface area contributed by atoms with Crippen molar-refractivity contribution in [2.45, 2.75) is 6.54 Å². The molecule has 190 valence electrons. The normalized spacial score (nSPS) is 14.3. The summed E-state index contributed by atoms with van der Waals surface area (Å²) in [6.07, 6.45) is 1.54. The van der Waals surface area contributed by atoms with Gasteiger partial charge < -0.3 is 14.8 Å². The van der Waals surface area contributed by atoms with E-state index in [1.165, 1.54) is 7.11 Å². The maximum Gasteiger partial charge on any atom is 0.293 e. The molecular formula is C26H19Cl3N2O5S. The molecule has 0 saturated carbocycles. The molecule has 1 saturated heterocycles. The number of nitrogens with one attached hydrogen (secondary N) is 1. The molecule has 37 heavy (non-hydrogen) atoms. The number of rotatable bonds is 8. The maximum absolute atomic E-state index is 12.9. The molecule has 1 heterocycles. The number of anilines is 1. The second-order valence-corrected chi connectivity index (χ2v) is 9.98. The van der Waals surface area contributed by atoms with E-state index in [0.717, 1.165) is 16.7 Å². The number of benzene rings is 3. The zero-order valence-electron chi connectivity index (χ0n) is 19.3. The lowest BCUT2D eigenvalue weighted by Gasteiger charge is -2.14. The van der Waals surface area contributed by atoms with Crippen molar-refractivity contribution >= 4 is 75.4 Å². The van der Waals surface area contributed by atoms with Gasteiger partial charge in [-0.1, -0.05) is 53.0 Å². The van der Waals surface area contributed by atoms with E-state index in [1.54, 1.807) is 66.7 Å². The topological polar surface area (TPSA) is 84.9 Å². The molecule has 4 rings (SSSR count). The minimum Gasteiger partial charge on any atom is -0.493 e. The molecule has 1 fully saturated rings. The molecule has 1 aliphatic rings. The van der Waals surface area contributed by atoms with Crippen LogP contribution in [0.25, 0.3) is 6.08 Å². The Kier molecular flexibility index (Phi) is 8.66. The van der Waals surface area contributed by atoms with E-state index in [9.17, 15) is 14.4 Å². The number of imide groups is 1. The zero-order valence-corrected chi connectivity index (χ0v) is 22.4. The van der Waals surface area contributed by atoms with E-state index in [2.05, 4.69) is 5.32 Å². The summed E-state index contributed by atoms with van der Waals surface area (Å²) < 4.78 is 11.0. The fraction of sp³-hybridized carbons (Fsp3) is 0.115. The summed E-state index contributed by atoms with van der Waals surface area (Å²) in [6, 6.07) is 16.8. The average Bonchev–Trinajstić information content (AvgIpc) is 3.13. The van der Waals surface area contributed by atoms with Crippen molar-refractivity contribution in [1.29, 1.82) is 0 Å². The van der Waals surface area contributed by atoms with Gasteiger partial charge in [0.05, 0.1) is 23.6 Å². The Morgan fingerprint density at radius 3 is 2.46 bits per heavy atom. The summed E-state index contributed by atoms with van der Waals surface area (Å²) in [5, 5.41) is 3.48. The lowest BCUT2D eigenvalue weighted by Crippen LogP contribution is -2.27. The van der Waals surface area contributed by atoms with Crippen LogP contribution in [0.2, 0.25) is 15.1 Å². The SMILES string of the molecule is COc1cc(/C=C2\SC(=O)N(Cc3ccccc3Cl)C2=O)cc(Cl)c1OCC(=O)Nc1ccc(Cl)cc1. The minimum absolute atomic E-state index is 0.0661. The van der Waals surface area contributed by atoms with Crippen LogP contribution in [0.3, 0.4) is 0 Å². The first kappa shape index (κ1) is 26.9. The van der Waals surface area contributed by atoms with Crippen LogP contribution in [0.1, 0.15) is 11.1 Å². The van der Waals surface area contributed by atoms with Crippen LogP contribution >= 0.6 is 46.6 Å². The summed E-state index contributed by atoms with van der Waals surface area (Å²) in [5.74, 6) is -0.423. The van der Waals surface area contributed by atoms with Gasteiger partial charge in [-0.25, -0.2) is 0 Å². The van der Waals surface area contributed by atoms with Crippen LogP contribution in [0, 0.1) is 0 Å². The Morgan fingerprint density at radius 1 is 1.03 bits per heavy atom. The molecule has 0 radical (unpaired) electrons. The third-order valence-electron chi connectivity index (χ3n) is 5.18. The number of methoxy groups -OCH3 is 1. The quantitative estimate of drug-likeness (QED) is 0.293. The summed E-state index contributed by atoms with van der Waals surface area (Å²) in [7, 11) is 1.42. The van der Waals surface area contributed by atoms with Crippen LogP contribution in [0.15, 0.2) is 65.6 Å². The van der Waals surface area contributed by atoms with Gasteiger partial charge in [0.15, 0.2) is 18.1 Å². The Bertz CT molecular complexity index is 1400. The molecule has 0 aliphatic carbocycles. The first-order valence-corrected chi connectivity index (χ1v) is 12.7. The predicted molar refractivity (Wildman–Crippen MR) is 147 cm³/mol. The van der Waals surface area contributed by atoms with Crippen LogP contribution in [0.4, 0.5) is 10.5 Å². The fourth-order valence-corrected chi connectivity index (χ4v) is 4.85. The largest absolute Gasteiger partial charge is 0.493 e. The third-order valence-corrected chi connectivity index (χ3v) is 6.99. The molecule has 1 aliphatic heterocycles. The van der Waals surface area contributed by atoms with Crippen LogP contribution in [-0.2, 0) is 16.1 Å². The highest BCUT2D eigenvalue weighted by Crippen LogP contribution is 2.39. The number of hydrogen-bond acceptors (Lipinski definition) is 6. The third kappa shape index (κ3) is 6.59. The van der Waals surface area contributed by atoms with Gasteiger partial charge in [-0.05, 0) is 71.4 Å². The molecule has 0 unspecified atom stereocenters. The van der Waals surface area contributed by atoms with Crippen molar-refractivity contribution < 1.29 is 23.9 Å². The lowest BCUT2D eigenvalue weighted by atomic mass is 10.1. The number of carbonyl (C=O) groups excluding carboxylic acids is 3. The predicted octanol–water partition coefficient (Wildman–Crippen LogP) is 6.91. The molecule has 3 aromatic carbocycles. The standard InChI is InChI=1S/C26H19Cl3N2O5S/c1-35-21-11-15(10-20(29)24(21)36-14-23(32)30-18-8-6-17(27)7-9-18)12-22-25(33)31(26(34)37-22)13-16-4-2-3-5-19(16)28/h2-12H,13-14H2,1H3,(H,30,32)/b22-12-. The van der Waals surface area contributed by atoms with E-state index in [1.807, 2.05) is 0 Å². The van der Waals surface area contributed by atoms with E-state index >= 15 is 0 Å². The highest BCUT2D eigenvalue weighted by atomic mass is 35.5. The van der Waals surface area contributed by atoms with E-state index in [0.29, 0.717) is 26.9 Å². The lowest BCUT2D eigenvalue weighted by molar-refractivity contribution is -0.123. The van der Waals surface area contributed by atoms with Gasteiger partial charge in [0.1, 0.15) is 0 Å². The number of nitrogens with zero attached hydrogens (tertiary/aromatic N) is 1. The van der Waals surface area contributed by atoms with Crippen molar-refractivity contribution in [3.8, 4) is 11.5 Å². The number of halogens is 3. The van der Waals surface area contributed by atoms with Gasteiger partial charge in [-0.2, -0.15) is 0 Å². The smallest absolute Gasteiger partial charge is 0.293 e. The molecule has 1 N–H and O–H groups in total.